The molecule has 4 rings (SSSR count). The number of nitrogens with one attached hydrogen (secondary N) is 4. The highest BCUT2D eigenvalue weighted by Crippen LogP contribution is 2.23. The van der Waals surface area contributed by atoms with Crippen LogP contribution in [0.1, 0.15) is 29.5 Å². The fraction of sp³-hybridized carbons (Fsp3) is 0.458. The van der Waals surface area contributed by atoms with Gasteiger partial charge in [-0.3, -0.25) is 14.8 Å². The molecule has 1 aromatic carbocycles. The summed E-state index contributed by atoms with van der Waals surface area (Å²) in [6, 6.07) is 5.46. The summed E-state index contributed by atoms with van der Waals surface area (Å²) in [5.74, 6) is -1.60. The lowest BCUT2D eigenvalue weighted by Gasteiger charge is -2.43. The number of carboxylic acid groups (broad SMARTS) is 1. The molecule has 2 aliphatic rings. The summed E-state index contributed by atoms with van der Waals surface area (Å²) in [4.78, 5) is 34.9. The van der Waals surface area contributed by atoms with Gasteiger partial charge < -0.3 is 36.4 Å². The van der Waals surface area contributed by atoms with Crippen LogP contribution in [0.25, 0.3) is 0 Å². The Labute approximate surface area is 250 Å². The second-order valence-electron chi connectivity index (χ2n) is 9.80. The number of amidine groups is 1. The number of hydroxylamine groups is 2. The average molecular weight is 641 g/mol. The summed E-state index contributed by atoms with van der Waals surface area (Å²) in [5, 5.41) is 31.9. The molecule has 0 aliphatic carbocycles. The minimum Gasteiger partial charge on any atom is -0.489 e. The van der Waals surface area contributed by atoms with E-state index in [1.54, 1.807) is 38.1 Å². The molecule has 3 heterocycles. The number of aromatic nitrogens is 1. The molecule has 17 nitrogen and oxygen atoms in total. The van der Waals surface area contributed by atoms with Gasteiger partial charge in [-0.25, -0.2) is 9.78 Å². The number of hydrogen-bond donors (Lipinski definition) is 7. The van der Waals surface area contributed by atoms with E-state index in [1.807, 2.05) is 0 Å². The molecule has 2 aliphatic heterocycles. The fourth-order valence-corrected chi connectivity index (χ4v) is 5.37. The fourth-order valence-electron chi connectivity index (χ4n) is 4.24. The Kier molecular flexibility index (Phi) is 10.1. The number of carboxylic acids is 1. The van der Waals surface area contributed by atoms with Crippen molar-refractivity contribution in [2.75, 3.05) is 32.0 Å². The zero-order valence-corrected chi connectivity index (χ0v) is 24.8. The first-order valence-corrected chi connectivity index (χ1v) is 15.2. The lowest BCUT2D eigenvalue weighted by molar-refractivity contribution is -0.168. The molecular weight excluding hydrogens is 608 g/mol. The maximum Gasteiger partial charge on any atom is 0.413 e. The summed E-state index contributed by atoms with van der Waals surface area (Å²) >= 11 is 1.08. The molecule has 2 aromatic rings. The largest absolute Gasteiger partial charge is 0.489 e. The average Bonchev–Trinajstić information content (AvgIpc) is 3.57. The predicted molar refractivity (Wildman–Crippen MR) is 154 cm³/mol. The number of carbonyl (C=O) groups is 2. The minimum atomic E-state index is -4.73. The standard InChI is InChI=1S/C24H32N8O9S2/c1-12-17(10-32(12)41-43(36,37)38)29-22(33)20(19-13(2)42-24(26)30-19)31-40-18(23(34)35)11-39-16-5-3-14(4-6-16)21(25)28-15-7-8-27-9-15/h3-6,12,15,17-18,27H,7-11H2,1-2H3,(H2,25,28)(H2,26,30)(H,29,33)(H,34,35)(H,36,37,38)/b31-20-/t12-,15+,17+,18-/m0/s1. The molecule has 0 unspecified atom stereocenters. The van der Waals surface area contributed by atoms with E-state index in [2.05, 4.69) is 30.4 Å². The van der Waals surface area contributed by atoms with Crippen LogP contribution in [0, 0.1) is 12.3 Å². The summed E-state index contributed by atoms with van der Waals surface area (Å²) in [6.45, 7) is 4.33. The van der Waals surface area contributed by atoms with Gasteiger partial charge in [0.25, 0.3) is 12.0 Å². The van der Waals surface area contributed by atoms with E-state index in [0.717, 1.165) is 35.9 Å². The molecule has 2 saturated heterocycles. The van der Waals surface area contributed by atoms with Crippen molar-refractivity contribution >= 4 is 50.3 Å². The maximum absolute atomic E-state index is 13.2. The SMILES string of the molecule is Cc1sc(N)nc1/C(=N/O[C@@H](COc1ccc(C(=N)N[C@@H]2CCNC2)cc1)C(=O)O)C(=O)N[C@@H]1CN(OS(=O)(=O)O)[C@H]1C. The molecule has 234 valence electrons. The van der Waals surface area contributed by atoms with Gasteiger partial charge in [0.05, 0.1) is 12.1 Å². The third-order valence-electron chi connectivity index (χ3n) is 6.67. The van der Waals surface area contributed by atoms with Crippen LogP contribution in [-0.4, -0.2) is 102 Å². The lowest BCUT2D eigenvalue weighted by atomic mass is 10.0. The Morgan fingerprint density at radius 3 is 2.60 bits per heavy atom. The molecule has 2 fully saturated rings. The quantitative estimate of drug-likeness (QED) is 0.0630. The predicted octanol–water partition coefficient (Wildman–Crippen LogP) is -0.513. The molecule has 0 saturated carbocycles. The van der Waals surface area contributed by atoms with E-state index in [-0.39, 0.29) is 35.0 Å². The highest BCUT2D eigenvalue weighted by Gasteiger charge is 2.41. The first kappa shape index (κ1) is 32.0. The van der Waals surface area contributed by atoms with E-state index in [1.165, 1.54) is 0 Å². The number of nitrogens with zero attached hydrogens (tertiary/aromatic N) is 3. The van der Waals surface area contributed by atoms with Crippen molar-refractivity contribution in [3.8, 4) is 5.75 Å². The number of rotatable bonds is 13. The number of thiazole rings is 1. The molecule has 43 heavy (non-hydrogen) atoms. The number of aryl methyl sites for hydroxylation is 1. The monoisotopic (exact) mass is 640 g/mol. The number of carbonyl (C=O) groups excluding carboxylic acids is 1. The molecular formula is C24H32N8O9S2. The molecule has 1 aromatic heterocycles. The van der Waals surface area contributed by atoms with Crippen molar-refractivity contribution in [3.05, 3.63) is 40.4 Å². The van der Waals surface area contributed by atoms with Crippen LogP contribution < -0.4 is 26.4 Å². The Bertz CT molecular complexity index is 1480. The normalized spacial score (nSPS) is 21.5. The van der Waals surface area contributed by atoms with Gasteiger partial charge in [0, 0.05) is 29.6 Å². The zero-order valence-electron chi connectivity index (χ0n) is 23.1. The van der Waals surface area contributed by atoms with Crippen LogP contribution >= 0.6 is 11.3 Å². The van der Waals surface area contributed by atoms with Crippen LogP contribution in [-0.2, 0) is 29.1 Å². The number of nitrogens with two attached hydrogens (primary N) is 1. The zero-order chi connectivity index (χ0) is 31.3. The van der Waals surface area contributed by atoms with Crippen molar-refractivity contribution in [3.63, 3.8) is 0 Å². The van der Waals surface area contributed by atoms with Crippen LogP contribution in [0.4, 0.5) is 5.13 Å². The first-order valence-electron chi connectivity index (χ1n) is 13.0. The van der Waals surface area contributed by atoms with Crippen LogP contribution in [0.5, 0.6) is 5.75 Å². The van der Waals surface area contributed by atoms with Gasteiger partial charge in [0.2, 0.25) is 0 Å². The third-order valence-corrected chi connectivity index (χ3v) is 7.85. The number of oxime groups is 1. The lowest BCUT2D eigenvalue weighted by Crippen LogP contribution is -2.66. The van der Waals surface area contributed by atoms with Gasteiger partial charge in [-0.05, 0) is 51.1 Å². The third kappa shape index (κ3) is 8.58. The van der Waals surface area contributed by atoms with Crippen molar-refractivity contribution in [1.29, 1.82) is 5.41 Å². The summed E-state index contributed by atoms with van der Waals surface area (Å²) in [6.07, 6.45) is -0.693. The Hall–Kier alpha value is -3.88. The molecule has 1 amide bonds. The number of benzene rings is 1. The highest BCUT2D eigenvalue weighted by molar-refractivity contribution is 7.80. The minimum absolute atomic E-state index is 0.0723. The first-order chi connectivity index (χ1) is 20.3. The van der Waals surface area contributed by atoms with Crippen molar-refractivity contribution in [2.45, 2.75) is 44.5 Å². The van der Waals surface area contributed by atoms with E-state index in [0.29, 0.717) is 16.2 Å². The topological polar surface area (TPSA) is 251 Å². The van der Waals surface area contributed by atoms with Gasteiger partial charge in [-0.15, -0.1) is 11.3 Å². The van der Waals surface area contributed by atoms with Gasteiger partial charge in [0.1, 0.15) is 23.9 Å². The van der Waals surface area contributed by atoms with E-state index >= 15 is 0 Å². The van der Waals surface area contributed by atoms with Crippen molar-refractivity contribution < 1.29 is 41.5 Å². The Morgan fingerprint density at radius 2 is 2.05 bits per heavy atom. The maximum atomic E-state index is 13.2. The smallest absolute Gasteiger partial charge is 0.413 e. The molecule has 0 spiro atoms. The van der Waals surface area contributed by atoms with Gasteiger partial charge >= 0.3 is 16.4 Å². The molecule has 0 radical (unpaired) electrons. The van der Waals surface area contributed by atoms with E-state index in [4.69, 9.17) is 25.3 Å². The van der Waals surface area contributed by atoms with E-state index < -0.39 is 47.1 Å². The summed E-state index contributed by atoms with van der Waals surface area (Å²) in [7, 11) is -4.73. The van der Waals surface area contributed by atoms with Crippen LogP contribution in [0.3, 0.4) is 0 Å². The number of anilines is 1. The number of amides is 1. The molecule has 4 atom stereocenters. The number of hydrogen-bond acceptors (Lipinski definition) is 14. The van der Waals surface area contributed by atoms with Crippen molar-refractivity contribution in [1.82, 2.24) is 26.0 Å². The molecule has 0 bridgehead atoms. The molecule has 8 N–H and O–H groups in total. The highest BCUT2D eigenvalue weighted by atomic mass is 32.3. The Morgan fingerprint density at radius 1 is 1.33 bits per heavy atom. The van der Waals surface area contributed by atoms with Crippen LogP contribution in [0.15, 0.2) is 29.4 Å². The number of nitrogen functional groups attached to an aromatic ring is 1. The number of ether oxygens (including phenoxy) is 1. The second-order valence-corrected chi connectivity index (χ2v) is 12.0. The summed E-state index contributed by atoms with van der Waals surface area (Å²) < 4.78 is 40.8. The van der Waals surface area contributed by atoms with Gasteiger partial charge in [0.15, 0.2) is 10.8 Å². The van der Waals surface area contributed by atoms with Crippen LogP contribution in [0.2, 0.25) is 0 Å². The molecule has 19 heteroatoms. The van der Waals surface area contributed by atoms with Crippen molar-refractivity contribution in [2.24, 2.45) is 5.16 Å². The Balaban J connectivity index is 1.40. The van der Waals surface area contributed by atoms with E-state index in [9.17, 15) is 23.1 Å². The summed E-state index contributed by atoms with van der Waals surface area (Å²) in [5.41, 5.74) is 6.14. The second kappa shape index (κ2) is 13.6. The van der Waals surface area contributed by atoms with Gasteiger partial charge in [-0.1, -0.05) is 5.16 Å². The van der Waals surface area contributed by atoms with Gasteiger partial charge in [-0.2, -0.15) is 17.8 Å². The number of aliphatic carboxylic acids is 1.